The molecule has 8 heteroatoms. The third-order valence-corrected chi connectivity index (χ3v) is 5.85. The summed E-state index contributed by atoms with van der Waals surface area (Å²) in [4.78, 5) is 23.6. The molecule has 1 atom stereocenters. The van der Waals surface area contributed by atoms with Gasteiger partial charge in [0.15, 0.2) is 9.84 Å². The fourth-order valence-corrected chi connectivity index (χ4v) is 3.86. The second-order valence-corrected chi connectivity index (χ2v) is 8.75. The molecular weight excluding hydrogens is 371 g/mol. The van der Waals surface area contributed by atoms with Crippen molar-refractivity contribution in [3.8, 4) is 11.1 Å². The molecule has 1 aromatic carbocycles. The Morgan fingerprint density at radius 1 is 1.26 bits per heavy atom. The minimum Gasteiger partial charge on any atom is -0.369 e. The first kappa shape index (κ1) is 20.8. The number of nitrogens with two attached hydrogens (primary N) is 1. The van der Waals surface area contributed by atoms with Gasteiger partial charge in [0.25, 0.3) is 5.56 Å². The summed E-state index contributed by atoms with van der Waals surface area (Å²) in [7, 11) is -3.70. The van der Waals surface area contributed by atoms with Crippen molar-refractivity contribution in [2.24, 2.45) is 5.73 Å². The van der Waals surface area contributed by atoms with E-state index in [1.54, 1.807) is 12.1 Å². The molecular formula is C19H23FN2O4S. The number of aryl methyl sites for hydroxylation is 2. The second-order valence-electron chi connectivity index (χ2n) is 6.52. The van der Waals surface area contributed by atoms with Crippen LogP contribution in [-0.4, -0.2) is 30.4 Å². The largest absolute Gasteiger partial charge is 0.369 e. The second kappa shape index (κ2) is 8.47. The van der Waals surface area contributed by atoms with Crippen LogP contribution in [0.2, 0.25) is 0 Å². The van der Waals surface area contributed by atoms with Crippen molar-refractivity contribution < 1.29 is 17.6 Å². The highest BCUT2D eigenvalue weighted by Crippen LogP contribution is 2.22. The van der Waals surface area contributed by atoms with Gasteiger partial charge in [0.1, 0.15) is 11.1 Å². The maximum atomic E-state index is 14.5. The molecule has 0 saturated carbocycles. The van der Waals surface area contributed by atoms with Gasteiger partial charge in [-0.05, 0) is 24.0 Å². The fraction of sp³-hybridized carbons (Fsp3) is 0.368. The van der Waals surface area contributed by atoms with Gasteiger partial charge in [-0.25, -0.2) is 12.8 Å². The van der Waals surface area contributed by atoms with E-state index in [0.29, 0.717) is 5.56 Å². The van der Waals surface area contributed by atoms with Crippen LogP contribution in [0.15, 0.2) is 41.3 Å². The van der Waals surface area contributed by atoms with Gasteiger partial charge in [0.2, 0.25) is 5.91 Å². The maximum Gasteiger partial charge on any atom is 0.251 e. The Labute approximate surface area is 157 Å². The number of pyridine rings is 1. The Bertz CT molecular complexity index is 982. The van der Waals surface area contributed by atoms with E-state index in [4.69, 9.17) is 5.73 Å². The Kier molecular flexibility index (Phi) is 6.54. The number of hydrogen-bond acceptors (Lipinski definition) is 4. The number of aromatic nitrogens is 1. The van der Waals surface area contributed by atoms with Gasteiger partial charge < -0.3 is 10.3 Å². The fourth-order valence-electron chi connectivity index (χ4n) is 2.90. The summed E-state index contributed by atoms with van der Waals surface area (Å²) in [6.45, 7) is 1.94. The predicted molar refractivity (Wildman–Crippen MR) is 103 cm³/mol. The van der Waals surface area contributed by atoms with E-state index in [2.05, 4.69) is 6.92 Å². The number of amides is 1. The SMILES string of the molecule is CCCc1ccc(-c2cc(=O)n(CC[C@H](C(N)=O)S(C)(=O)=O)cc2F)cc1. The zero-order valence-corrected chi connectivity index (χ0v) is 16.1. The molecule has 0 fully saturated rings. The van der Waals surface area contributed by atoms with Crippen LogP contribution in [0, 0.1) is 5.82 Å². The molecule has 146 valence electrons. The predicted octanol–water partition coefficient (Wildman–Crippen LogP) is 1.90. The molecule has 1 aromatic heterocycles. The van der Waals surface area contributed by atoms with Gasteiger partial charge in [-0.2, -0.15) is 0 Å². The molecule has 6 nitrogen and oxygen atoms in total. The minimum atomic E-state index is -3.70. The lowest BCUT2D eigenvalue weighted by molar-refractivity contribution is -0.117. The quantitative estimate of drug-likeness (QED) is 0.739. The third-order valence-electron chi connectivity index (χ3n) is 4.35. The Morgan fingerprint density at radius 3 is 2.41 bits per heavy atom. The Balaban J connectivity index is 2.26. The monoisotopic (exact) mass is 394 g/mol. The van der Waals surface area contributed by atoms with E-state index >= 15 is 0 Å². The van der Waals surface area contributed by atoms with Gasteiger partial charge in [-0.1, -0.05) is 37.6 Å². The Morgan fingerprint density at radius 2 is 1.89 bits per heavy atom. The number of primary amides is 1. The van der Waals surface area contributed by atoms with Gasteiger partial charge in [-0.3, -0.25) is 9.59 Å². The number of nitrogens with zero attached hydrogens (tertiary/aromatic N) is 1. The molecule has 2 N–H and O–H groups in total. The van der Waals surface area contributed by atoms with Crippen molar-refractivity contribution in [3.05, 3.63) is 58.3 Å². The smallest absolute Gasteiger partial charge is 0.251 e. The molecule has 0 aliphatic heterocycles. The lowest BCUT2D eigenvalue weighted by atomic mass is 10.0. The number of halogens is 1. The number of sulfone groups is 1. The van der Waals surface area contributed by atoms with Crippen molar-refractivity contribution in [2.45, 2.75) is 38.0 Å². The summed E-state index contributed by atoms with van der Waals surface area (Å²) in [5.74, 6) is -1.59. The van der Waals surface area contributed by atoms with Crippen molar-refractivity contribution in [3.63, 3.8) is 0 Å². The van der Waals surface area contributed by atoms with E-state index < -0.39 is 32.4 Å². The first-order valence-electron chi connectivity index (χ1n) is 8.61. The molecule has 27 heavy (non-hydrogen) atoms. The first-order chi connectivity index (χ1) is 12.6. The summed E-state index contributed by atoms with van der Waals surface area (Å²) < 4.78 is 38.8. The van der Waals surface area contributed by atoms with Crippen LogP contribution in [0.3, 0.4) is 0 Å². The van der Waals surface area contributed by atoms with E-state index in [9.17, 15) is 22.4 Å². The highest BCUT2D eigenvalue weighted by atomic mass is 32.2. The molecule has 0 radical (unpaired) electrons. The van der Waals surface area contributed by atoms with Crippen LogP contribution in [-0.2, 0) is 27.6 Å². The summed E-state index contributed by atoms with van der Waals surface area (Å²) >= 11 is 0. The van der Waals surface area contributed by atoms with Gasteiger partial charge in [0.05, 0.1) is 0 Å². The first-order valence-corrected chi connectivity index (χ1v) is 10.6. The van der Waals surface area contributed by atoms with Crippen molar-refractivity contribution in [1.29, 1.82) is 0 Å². The highest BCUT2D eigenvalue weighted by molar-refractivity contribution is 7.92. The van der Waals surface area contributed by atoms with Crippen LogP contribution in [0.4, 0.5) is 4.39 Å². The van der Waals surface area contributed by atoms with Crippen LogP contribution >= 0.6 is 0 Å². The molecule has 2 rings (SSSR count). The number of benzene rings is 1. The van der Waals surface area contributed by atoms with Gasteiger partial charge >= 0.3 is 0 Å². The van der Waals surface area contributed by atoms with Gasteiger partial charge in [-0.15, -0.1) is 0 Å². The average Bonchev–Trinajstić information content (AvgIpc) is 2.57. The molecule has 1 heterocycles. The summed E-state index contributed by atoms with van der Waals surface area (Å²) in [6, 6.07) is 8.49. The van der Waals surface area contributed by atoms with E-state index in [-0.39, 0.29) is 18.5 Å². The average molecular weight is 394 g/mol. The molecule has 0 spiro atoms. The standard InChI is InChI=1S/C19H23FN2O4S/c1-3-4-13-5-7-14(8-6-13)15-11-18(23)22(12-16(15)20)10-9-17(19(21)24)27(2,25)26/h5-8,11-12,17H,3-4,9-10H2,1-2H3,(H2,21,24)/t17-/m1/s1. The van der Waals surface area contributed by atoms with Crippen molar-refractivity contribution >= 4 is 15.7 Å². The number of carbonyl (C=O) groups is 1. The van der Waals surface area contributed by atoms with E-state index in [1.807, 2.05) is 12.1 Å². The Hall–Kier alpha value is -2.48. The molecule has 0 aliphatic rings. The number of rotatable bonds is 8. The molecule has 0 unspecified atom stereocenters. The zero-order chi connectivity index (χ0) is 20.2. The topological polar surface area (TPSA) is 99.2 Å². The normalized spacial score (nSPS) is 12.7. The summed E-state index contributed by atoms with van der Waals surface area (Å²) in [6.07, 6.45) is 3.66. The lowest BCUT2D eigenvalue weighted by Gasteiger charge is -2.13. The molecule has 2 aromatic rings. The van der Waals surface area contributed by atoms with Crippen LogP contribution in [0.5, 0.6) is 0 Å². The number of hydrogen-bond donors (Lipinski definition) is 1. The van der Waals surface area contributed by atoms with Gasteiger partial charge in [0, 0.05) is 30.6 Å². The summed E-state index contributed by atoms with van der Waals surface area (Å²) in [5, 5.41) is -1.42. The van der Waals surface area contributed by atoms with Crippen molar-refractivity contribution in [2.75, 3.05) is 6.26 Å². The van der Waals surface area contributed by atoms with E-state index in [1.165, 1.54) is 6.07 Å². The highest BCUT2D eigenvalue weighted by Gasteiger charge is 2.26. The maximum absolute atomic E-state index is 14.5. The molecule has 0 aliphatic carbocycles. The van der Waals surface area contributed by atoms with E-state index in [0.717, 1.165) is 35.4 Å². The molecule has 0 bridgehead atoms. The molecule has 0 saturated heterocycles. The number of carbonyl (C=O) groups excluding carboxylic acids is 1. The van der Waals surface area contributed by atoms with Crippen LogP contribution < -0.4 is 11.3 Å². The zero-order valence-electron chi connectivity index (χ0n) is 15.3. The molecule has 1 amide bonds. The minimum absolute atomic E-state index is 0.133. The summed E-state index contributed by atoms with van der Waals surface area (Å²) in [5.41, 5.74) is 6.52. The lowest BCUT2D eigenvalue weighted by Crippen LogP contribution is -2.37. The third kappa shape index (κ3) is 5.26. The van der Waals surface area contributed by atoms with Crippen LogP contribution in [0.1, 0.15) is 25.3 Å². The van der Waals surface area contributed by atoms with Crippen molar-refractivity contribution in [1.82, 2.24) is 4.57 Å². The van der Waals surface area contributed by atoms with Crippen LogP contribution in [0.25, 0.3) is 11.1 Å².